The van der Waals surface area contributed by atoms with Crippen LogP contribution in [0.2, 0.25) is 5.02 Å². The van der Waals surface area contributed by atoms with Gasteiger partial charge in [0, 0.05) is 6.04 Å². The zero-order valence-corrected chi connectivity index (χ0v) is 12.6. The van der Waals surface area contributed by atoms with Crippen LogP contribution in [0.4, 0.5) is 5.69 Å². The smallest absolute Gasteiger partial charge is 0.115 e. The van der Waals surface area contributed by atoms with Crippen molar-refractivity contribution < 1.29 is 5.11 Å². The van der Waals surface area contributed by atoms with Gasteiger partial charge in [-0.15, -0.1) is 0 Å². The van der Waals surface area contributed by atoms with Gasteiger partial charge in [0.1, 0.15) is 5.75 Å². The molecule has 2 rings (SSSR count). The van der Waals surface area contributed by atoms with Crippen LogP contribution in [-0.2, 0) is 6.42 Å². The first-order valence-corrected chi connectivity index (χ1v) is 7.23. The second-order valence-electron chi connectivity index (χ2n) is 5.23. The van der Waals surface area contributed by atoms with Gasteiger partial charge in [-0.2, -0.15) is 0 Å². The van der Waals surface area contributed by atoms with E-state index in [1.807, 2.05) is 31.2 Å². The summed E-state index contributed by atoms with van der Waals surface area (Å²) in [6.07, 6.45) is 1.98. The molecule has 2 aromatic rings. The Morgan fingerprint density at radius 3 is 2.50 bits per heavy atom. The Bertz CT molecular complexity index is 566. The molecular weight excluding hydrogens is 270 g/mol. The molecule has 2 aromatic carbocycles. The van der Waals surface area contributed by atoms with E-state index in [1.165, 1.54) is 5.56 Å². The molecule has 0 aliphatic rings. The molecule has 0 aromatic heterocycles. The standard InChI is InChI=1S/C17H20ClNO/c1-12-3-10-17(16(18)11-12)19-13(2)4-5-14-6-8-15(20)9-7-14/h3,6-11,13,19-20H,4-5H2,1-2H3. The fraction of sp³-hybridized carbons (Fsp3) is 0.294. The van der Waals surface area contributed by atoms with Crippen LogP contribution >= 0.6 is 11.6 Å². The number of hydrogen-bond donors (Lipinski definition) is 2. The fourth-order valence-corrected chi connectivity index (χ4v) is 2.41. The van der Waals surface area contributed by atoms with Gasteiger partial charge in [-0.05, 0) is 62.1 Å². The third kappa shape index (κ3) is 4.17. The van der Waals surface area contributed by atoms with Crippen LogP contribution in [0.15, 0.2) is 42.5 Å². The quantitative estimate of drug-likeness (QED) is 0.829. The Hall–Kier alpha value is -1.67. The normalized spacial score (nSPS) is 12.2. The molecule has 0 heterocycles. The van der Waals surface area contributed by atoms with Gasteiger partial charge in [-0.3, -0.25) is 0 Å². The minimum absolute atomic E-state index is 0.311. The third-order valence-corrected chi connectivity index (χ3v) is 3.64. The maximum Gasteiger partial charge on any atom is 0.115 e. The zero-order valence-electron chi connectivity index (χ0n) is 11.9. The summed E-state index contributed by atoms with van der Waals surface area (Å²) in [5.74, 6) is 0.311. The van der Waals surface area contributed by atoms with Crippen molar-refractivity contribution >= 4 is 17.3 Å². The lowest BCUT2D eigenvalue weighted by Crippen LogP contribution is -2.16. The largest absolute Gasteiger partial charge is 0.508 e. The molecule has 1 atom stereocenters. The second kappa shape index (κ2) is 6.67. The van der Waals surface area contributed by atoms with E-state index in [0.29, 0.717) is 11.8 Å². The van der Waals surface area contributed by atoms with E-state index in [2.05, 4.69) is 18.3 Å². The van der Waals surface area contributed by atoms with Crippen LogP contribution in [0.25, 0.3) is 0 Å². The summed E-state index contributed by atoms with van der Waals surface area (Å²) < 4.78 is 0. The SMILES string of the molecule is Cc1ccc(NC(C)CCc2ccc(O)cc2)c(Cl)c1. The van der Waals surface area contributed by atoms with Crippen LogP contribution in [0.5, 0.6) is 5.75 Å². The highest BCUT2D eigenvalue weighted by atomic mass is 35.5. The highest BCUT2D eigenvalue weighted by Crippen LogP contribution is 2.24. The van der Waals surface area contributed by atoms with Crippen LogP contribution in [-0.4, -0.2) is 11.1 Å². The van der Waals surface area contributed by atoms with Crippen molar-refractivity contribution in [2.24, 2.45) is 0 Å². The lowest BCUT2D eigenvalue weighted by atomic mass is 10.1. The van der Waals surface area contributed by atoms with Gasteiger partial charge in [0.25, 0.3) is 0 Å². The predicted octanol–water partition coefficient (Wildman–Crippen LogP) is 4.79. The molecular formula is C17H20ClNO. The Morgan fingerprint density at radius 1 is 1.15 bits per heavy atom. The van der Waals surface area contributed by atoms with Crippen LogP contribution < -0.4 is 5.32 Å². The van der Waals surface area contributed by atoms with Crippen molar-refractivity contribution in [3.05, 3.63) is 58.6 Å². The van der Waals surface area contributed by atoms with Gasteiger partial charge in [0.15, 0.2) is 0 Å². The predicted molar refractivity (Wildman–Crippen MR) is 85.7 cm³/mol. The van der Waals surface area contributed by atoms with E-state index >= 15 is 0 Å². The number of aryl methyl sites for hydroxylation is 2. The van der Waals surface area contributed by atoms with Crippen molar-refractivity contribution in [2.45, 2.75) is 32.7 Å². The molecule has 20 heavy (non-hydrogen) atoms. The van der Waals surface area contributed by atoms with E-state index in [1.54, 1.807) is 12.1 Å². The van der Waals surface area contributed by atoms with Gasteiger partial charge in [-0.1, -0.05) is 29.8 Å². The van der Waals surface area contributed by atoms with E-state index < -0.39 is 0 Å². The second-order valence-corrected chi connectivity index (χ2v) is 5.64. The number of phenols is 1. The molecule has 0 amide bonds. The van der Waals surface area contributed by atoms with Crippen molar-refractivity contribution in [3.63, 3.8) is 0 Å². The van der Waals surface area contributed by atoms with Crippen LogP contribution in [0.3, 0.4) is 0 Å². The Labute approximate surface area is 125 Å². The molecule has 1 unspecified atom stereocenters. The lowest BCUT2D eigenvalue weighted by Gasteiger charge is -2.16. The first-order valence-electron chi connectivity index (χ1n) is 6.85. The lowest BCUT2D eigenvalue weighted by molar-refractivity contribution is 0.475. The summed E-state index contributed by atoms with van der Waals surface area (Å²) >= 11 is 6.22. The molecule has 0 fully saturated rings. The maximum absolute atomic E-state index is 9.25. The maximum atomic E-state index is 9.25. The van der Waals surface area contributed by atoms with E-state index in [4.69, 9.17) is 11.6 Å². The van der Waals surface area contributed by atoms with E-state index in [0.717, 1.165) is 29.1 Å². The molecule has 0 aliphatic carbocycles. The monoisotopic (exact) mass is 289 g/mol. The molecule has 0 aliphatic heterocycles. The molecule has 0 bridgehead atoms. The van der Waals surface area contributed by atoms with Crippen molar-refractivity contribution in [3.8, 4) is 5.75 Å². The van der Waals surface area contributed by atoms with Crippen molar-refractivity contribution in [1.29, 1.82) is 0 Å². The highest BCUT2D eigenvalue weighted by Gasteiger charge is 2.06. The molecule has 3 heteroatoms. The van der Waals surface area contributed by atoms with E-state index in [-0.39, 0.29) is 0 Å². The first-order chi connectivity index (χ1) is 9.54. The number of nitrogens with one attached hydrogen (secondary N) is 1. The van der Waals surface area contributed by atoms with Crippen LogP contribution in [0, 0.1) is 6.92 Å². The number of phenolic OH excluding ortho intramolecular Hbond substituents is 1. The number of halogens is 1. The zero-order chi connectivity index (χ0) is 14.5. The summed E-state index contributed by atoms with van der Waals surface area (Å²) in [6.45, 7) is 4.18. The van der Waals surface area contributed by atoms with E-state index in [9.17, 15) is 5.11 Å². The van der Waals surface area contributed by atoms with Crippen molar-refractivity contribution in [1.82, 2.24) is 0 Å². The first kappa shape index (κ1) is 14.7. The molecule has 2 nitrogen and oxygen atoms in total. The average Bonchev–Trinajstić information content (AvgIpc) is 2.41. The highest BCUT2D eigenvalue weighted by molar-refractivity contribution is 6.33. The Balaban J connectivity index is 1.89. The number of anilines is 1. The summed E-state index contributed by atoms with van der Waals surface area (Å²) in [7, 11) is 0. The van der Waals surface area contributed by atoms with Crippen molar-refractivity contribution in [2.75, 3.05) is 5.32 Å². The number of aromatic hydroxyl groups is 1. The fourth-order valence-electron chi connectivity index (χ4n) is 2.12. The average molecular weight is 290 g/mol. The minimum Gasteiger partial charge on any atom is -0.508 e. The summed E-state index contributed by atoms with van der Waals surface area (Å²) in [6, 6.07) is 13.8. The topological polar surface area (TPSA) is 32.3 Å². The molecule has 0 saturated carbocycles. The van der Waals surface area contributed by atoms with Gasteiger partial charge < -0.3 is 10.4 Å². The number of rotatable bonds is 5. The molecule has 2 N–H and O–H groups in total. The van der Waals surface area contributed by atoms with Gasteiger partial charge in [0.05, 0.1) is 10.7 Å². The summed E-state index contributed by atoms with van der Waals surface area (Å²) in [5, 5.41) is 13.5. The van der Waals surface area contributed by atoms with Gasteiger partial charge >= 0.3 is 0 Å². The molecule has 0 saturated heterocycles. The summed E-state index contributed by atoms with van der Waals surface area (Å²) in [5.41, 5.74) is 3.37. The molecule has 0 spiro atoms. The van der Waals surface area contributed by atoms with Gasteiger partial charge in [-0.25, -0.2) is 0 Å². The minimum atomic E-state index is 0.311. The molecule has 0 radical (unpaired) electrons. The van der Waals surface area contributed by atoms with Gasteiger partial charge in [0.2, 0.25) is 0 Å². The number of benzene rings is 2. The Kier molecular flexibility index (Phi) is 4.91. The molecule has 106 valence electrons. The Morgan fingerprint density at radius 2 is 1.85 bits per heavy atom. The third-order valence-electron chi connectivity index (χ3n) is 3.33. The number of hydrogen-bond acceptors (Lipinski definition) is 2. The van der Waals surface area contributed by atoms with Crippen LogP contribution in [0.1, 0.15) is 24.5 Å². The summed E-state index contributed by atoms with van der Waals surface area (Å²) in [4.78, 5) is 0.